The third-order valence-electron chi connectivity index (χ3n) is 2.77. The highest BCUT2D eigenvalue weighted by Crippen LogP contribution is 2.34. The maximum atomic E-state index is 13.1. The fraction of sp³-hybridized carbons (Fsp3) is 0.538. The van der Waals surface area contributed by atoms with Gasteiger partial charge in [-0.1, -0.05) is 13.0 Å². The zero-order chi connectivity index (χ0) is 14.6. The summed E-state index contributed by atoms with van der Waals surface area (Å²) in [4.78, 5) is 0. The van der Waals surface area contributed by atoms with Crippen molar-refractivity contribution in [3.63, 3.8) is 0 Å². The summed E-state index contributed by atoms with van der Waals surface area (Å²) in [6, 6.07) is 2.47. The molecule has 6 heteroatoms. The van der Waals surface area contributed by atoms with Gasteiger partial charge in [0, 0.05) is 6.61 Å². The molecule has 0 amide bonds. The summed E-state index contributed by atoms with van der Waals surface area (Å²) in [6.07, 6.45) is -6.18. The summed E-state index contributed by atoms with van der Waals surface area (Å²) in [5.74, 6) is -1.35. The van der Waals surface area contributed by atoms with Gasteiger partial charge in [-0.2, -0.15) is 13.2 Å². The van der Waals surface area contributed by atoms with Crippen LogP contribution >= 0.6 is 0 Å². The molecule has 1 rings (SSSR count). The molecular formula is C13H16F4O2. The molecule has 1 aromatic rings. The number of aliphatic hydroxyl groups excluding tert-OH is 1. The number of halogens is 4. The molecule has 0 saturated heterocycles. The van der Waals surface area contributed by atoms with E-state index in [-0.39, 0.29) is 5.56 Å². The second-order valence-corrected chi connectivity index (χ2v) is 4.08. The van der Waals surface area contributed by atoms with Gasteiger partial charge in [-0.05, 0) is 31.0 Å². The van der Waals surface area contributed by atoms with Crippen molar-refractivity contribution in [3.05, 3.63) is 35.1 Å². The van der Waals surface area contributed by atoms with Crippen LogP contribution in [0.4, 0.5) is 17.6 Å². The number of benzene rings is 1. The summed E-state index contributed by atoms with van der Waals surface area (Å²) >= 11 is 0. The zero-order valence-electron chi connectivity index (χ0n) is 10.7. The van der Waals surface area contributed by atoms with Crippen LogP contribution in [0, 0.1) is 5.82 Å². The third-order valence-corrected chi connectivity index (χ3v) is 2.77. The summed E-state index contributed by atoms with van der Waals surface area (Å²) in [6.45, 7) is 3.81. The largest absolute Gasteiger partial charge is 0.419 e. The van der Waals surface area contributed by atoms with Gasteiger partial charge in [0.25, 0.3) is 0 Å². The van der Waals surface area contributed by atoms with Crippen LogP contribution in [0.1, 0.15) is 37.5 Å². The Bertz CT molecular complexity index is 418. The van der Waals surface area contributed by atoms with Crippen LogP contribution in [-0.2, 0) is 10.9 Å². The van der Waals surface area contributed by atoms with E-state index in [2.05, 4.69) is 0 Å². The van der Waals surface area contributed by atoms with E-state index in [0.29, 0.717) is 25.2 Å². The molecule has 0 aromatic heterocycles. The van der Waals surface area contributed by atoms with Gasteiger partial charge in [0.2, 0.25) is 0 Å². The number of rotatable bonds is 5. The van der Waals surface area contributed by atoms with Crippen LogP contribution in [0.15, 0.2) is 18.2 Å². The van der Waals surface area contributed by atoms with E-state index in [1.807, 2.05) is 0 Å². The lowest BCUT2D eigenvalue weighted by Gasteiger charge is -2.22. The fourth-order valence-corrected chi connectivity index (χ4v) is 1.81. The Morgan fingerprint density at radius 1 is 1.26 bits per heavy atom. The SMILES string of the molecule is CCOC(CC)C(O)c1ccc(F)c(C(F)(F)F)c1. The lowest BCUT2D eigenvalue weighted by atomic mass is 10.00. The molecule has 0 saturated carbocycles. The minimum absolute atomic E-state index is 0.00553. The van der Waals surface area contributed by atoms with Crippen LogP contribution in [-0.4, -0.2) is 17.8 Å². The molecule has 0 spiro atoms. The lowest BCUT2D eigenvalue weighted by molar-refractivity contribution is -0.140. The Morgan fingerprint density at radius 3 is 2.37 bits per heavy atom. The molecule has 108 valence electrons. The Labute approximate surface area is 109 Å². The van der Waals surface area contributed by atoms with E-state index >= 15 is 0 Å². The Kier molecular flexibility index (Phi) is 5.31. The maximum Gasteiger partial charge on any atom is 0.419 e. The highest BCUT2D eigenvalue weighted by Gasteiger charge is 2.35. The zero-order valence-corrected chi connectivity index (χ0v) is 10.7. The van der Waals surface area contributed by atoms with Gasteiger partial charge >= 0.3 is 6.18 Å². The van der Waals surface area contributed by atoms with Crippen molar-refractivity contribution in [2.75, 3.05) is 6.61 Å². The first-order valence-corrected chi connectivity index (χ1v) is 5.97. The van der Waals surface area contributed by atoms with Crippen molar-refractivity contribution in [2.24, 2.45) is 0 Å². The van der Waals surface area contributed by atoms with E-state index in [9.17, 15) is 22.7 Å². The smallest absolute Gasteiger partial charge is 0.386 e. The number of ether oxygens (including phenoxy) is 1. The van der Waals surface area contributed by atoms with E-state index < -0.39 is 29.8 Å². The number of hydrogen-bond donors (Lipinski definition) is 1. The second-order valence-electron chi connectivity index (χ2n) is 4.08. The standard InChI is InChI=1S/C13H16F4O2/c1-3-11(19-4-2)12(18)8-5-6-10(14)9(7-8)13(15,16)17/h5-7,11-12,18H,3-4H2,1-2H3. The number of hydrogen-bond acceptors (Lipinski definition) is 2. The van der Waals surface area contributed by atoms with Crippen molar-refractivity contribution >= 4 is 0 Å². The summed E-state index contributed by atoms with van der Waals surface area (Å²) < 4.78 is 56.1. The normalized spacial score (nSPS) is 15.3. The van der Waals surface area contributed by atoms with Crippen LogP contribution < -0.4 is 0 Å². The van der Waals surface area contributed by atoms with Crippen molar-refractivity contribution in [1.82, 2.24) is 0 Å². The van der Waals surface area contributed by atoms with Crippen molar-refractivity contribution in [1.29, 1.82) is 0 Å². The highest BCUT2D eigenvalue weighted by molar-refractivity contribution is 5.29. The maximum absolute atomic E-state index is 13.1. The highest BCUT2D eigenvalue weighted by atomic mass is 19.4. The molecule has 0 aliphatic heterocycles. The van der Waals surface area contributed by atoms with Crippen LogP contribution in [0.5, 0.6) is 0 Å². The Hall–Kier alpha value is -1.14. The van der Waals surface area contributed by atoms with E-state index in [1.54, 1.807) is 13.8 Å². The van der Waals surface area contributed by atoms with Gasteiger partial charge < -0.3 is 9.84 Å². The van der Waals surface area contributed by atoms with E-state index in [4.69, 9.17) is 4.74 Å². The van der Waals surface area contributed by atoms with Gasteiger partial charge in [0.1, 0.15) is 11.9 Å². The van der Waals surface area contributed by atoms with E-state index in [0.717, 1.165) is 6.07 Å². The van der Waals surface area contributed by atoms with Gasteiger partial charge in [0.15, 0.2) is 0 Å². The predicted octanol–water partition coefficient (Wildman–Crippen LogP) is 3.69. The third kappa shape index (κ3) is 3.91. The molecule has 0 radical (unpaired) electrons. The monoisotopic (exact) mass is 280 g/mol. The molecule has 0 aliphatic carbocycles. The van der Waals surface area contributed by atoms with Gasteiger partial charge in [-0.15, -0.1) is 0 Å². The van der Waals surface area contributed by atoms with Crippen LogP contribution in [0.2, 0.25) is 0 Å². The summed E-state index contributed by atoms with van der Waals surface area (Å²) in [7, 11) is 0. The summed E-state index contributed by atoms with van der Waals surface area (Å²) in [5.41, 5.74) is -1.38. The van der Waals surface area contributed by atoms with Crippen LogP contribution in [0.3, 0.4) is 0 Å². The molecule has 19 heavy (non-hydrogen) atoms. The van der Waals surface area contributed by atoms with E-state index in [1.165, 1.54) is 0 Å². The minimum atomic E-state index is -4.78. The van der Waals surface area contributed by atoms with Gasteiger partial charge in [-0.3, -0.25) is 0 Å². The molecule has 0 bridgehead atoms. The van der Waals surface area contributed by atoms with Gasteiger partial charge in [0.05, 0.1) is 11.7 Å². The molecule has 2 atom stereocenters. The fourth-order valence-electron chi connectivity index (χ4n) is 1.81. The number of aliphatic hydroxyl groups is 1. The first kappa shape index (κ1) is 15.9. The average Bonchev–Trinajstić information content (AvgIpc) is 2.34. The topological polar surface area (TPSA) is 29.5 Å². The molecule has 0 heterocycles. The Morgan fingerprint density at radius 2 is 1.89 bits per heavy atom. The minimum Gasteiger partial charge on any atom is -0.386 e. The quantitative estimate of drug-likeness (QED) is 0.833. The first-order valence-electron chi connectivity index (χ1n) is 5.97. The molecule has 1 N–H and O–H groups in total. The Balaban J connectivity index is 3.08. The van der Waals surface area contributed by atoms with Crippen LogP contribution in [0.25, 0.3) is 0 Å². The second kappa shape index (κ2) is 6.34. The predicted molar refractivity (Wildman–Crippen MR) is 62.1 cm³/mol. The molecule has 2 nitrogen and oxygen atoms in total. The first-order chi connectivity index (χ1) is 8.81. The van der Waals surface area contributed by atoms with Crippen molar-refractivity contribution in [2.45, 2.75) is 38.7 Å². The molecule has 0 aliphatic rings. The van der Waals surface area contributed by atoms with Crippen molar-refractivity contribution < 1.29 is 27.4 Å². The lowest BCUT2D eigenvalue weighted by Crippen LogP contribution is -2.22. The summed E-state index contributed by atoms with van der Waals surface area (Å²) in [5, 5.41) is 9.98. The van der Waals surface area contributed by atoms with Crippen molar-refractivity contribution in [3.8, 4) is 0 Å². The molecule has 0 fully saturated rings. The van der Waals surface area contributed by atoms with Gasteiger partial charge in [-0.25, -0.2) is 4.39 Å². The molecule has 2 unspecified atom stereocenters. The average molecular weight is 280 g/mol. The number of alkyl halides is 3. The molecular weight excluding hydrogens is 264 g/mol. The molecule has 1 aromatic carbocycles.